The lowest BCUT2D eigenvalue weighted by molar-refractivity contribution is -0.138. The van der Waals surface area contributed by atoms with Gasteiger partial charge in [-0.3, -0.25) is 14.7 Å². The van der Waals surface area contributed by atoms with Crippen LogP contribution in [0, 0.1) is 5.41 Å². The van der Waals surface area contributed by atoms with Crippen molar-refractivity contribution in [3.8, 4) is 5.75 Å². The van der Waals surface area contributed by atoms with E-state index < -0.39 is 0 Å². The van der Waals surface area contributed by atoms with E-state index in [0.29, 0.717) is 13.1 Å². The first-order valence-corrected chi connectivity index (χ1v) is 11.6. The first kappa shape index (κ1) is 27.7. The minimum atomic E-state index is -0.333. The van der Waals surface area contributed by atoms with Gasteiger partial charge in [-0.2, -0.15) is 0 Å². The summed E-state index contributed by atoms with van der Waals surface area (Å²) in [7, 11) is 7.15. The highest BCUT2D eigenvalue weighted by Crippen LogP contribution is 2.38. The summed E-state index contributed by atoms with van der Waals surface area (Å²) in [4.78, 5) is 21.5. The van der Waals surface area contributed by atoms with Gasteiger partial charge in [0.05, 0.1) is 31.8 Å². The summed E-state index contributed by atoms with van der Waals surface area (Å²) >= 11 is 0. The minimum absolute atomic E-state index is 0. The van der Waals surface area contributed by atoms with Gasteiger partial charge in [0.25, 0.3) is 0 Å². The van der Waals surface area contributed by atoms with Crippen LogP contribution >= 0.6 is 24.0 Å². The van der Waals surface area contributed by atoms with E-state index in [4.69, 9.17) is 9.47 Å². The Morgan fingerprint density at radius 2 is 1.82 bits per heavy atom. The second-order valence-corrected chi connectivity index (χ2v) is 8.93. The first-order chi connectivity index (χ1) is 15.5. The Labute approximate surface area is 215 Å². The zero-order chi connectivity index (χ0) is 23.0. The van der Waals surface area contributed by atoms with E-state index in [0.717, 1.165) is 63.7 Å². The van der Waals surface area contributed by atoms with Crippen LogP contribution < -0.4 is 15.4 Å². The highest BCUT2D eigenvalue weighted by molar-refractivity contribution is 14.0. The van der Waals surface area contributed by atoms with Crippen LogP contribution in [0.1, 0.15) is 37.3 Å². The lowest BCUT2D eigenvalue weighted by Crippen LogP contribution is -2.50. The van der Waals surface area contributed by atoms with Crippen molar-refractivity contribution in [2.75, 3.05) is 67.6 Å². The predicted molar refractivity (Wildman–Crippen MR) is 143 cm³/mol. The number of hydrogen-bond acceptors (Lipinski definition) is 5. The molecule has 1 aliphatic carbocycles. The molecule has 1 heterocycles. The predicted octanol–water partition coefficient (Wildman–Crippen LogP) is 2.50. The van der Waals surface area contributed by atoms with Gasteiger partial charge in [0.1, 0.15) is 5.75 Å². The van der Waals surface area contributed by atoms with E-state index in [-0.39, 0.29) is 41.3 Å². The SMILES string of the molecule is CN=C(NCC(c1ccc(OC)cc1)N1CCOCC1)NCC1(C(=O)N(C)C)CCCC1.I. The van der Waals surface area contributed by atoms with Gasteiger partial charge in [0.2, 0.25) is 5.91 Å². The van der Waals surface area contributed by atoms with E-state index in [9.17, 15) is 4.79 Å². The van der Waals surface area contributed by atoms with Gasteiger partial charge in [0, 0.05) is 47.3 Å². The van der Waals surface area contributed by atoms with Crippen molar-refractivity contribution >= 4 is 35.8 Å². The van der Waals surface area contributed by atoms with Gasteiger partial charge in [0.15, 0.2) is 5.96 Å². The van der Waals surface area contributed by atoms with E-state index in [2.05, 4.69) is 32.7 Å². The molecule has 2 N–H and O–H groups in total. The average Bonchev–Trinajstić information content (AvgIpc) is 3.31. The number of nitrogens with zero attached hydrogens (tertiary/aromatic N) is 3. The Morgan fingerprint density at radius 3 is 2.36 bits per heavy atom. The third-order valence-electron chi connectivity index (χ3n) is 6.69. The largest absolute Gasteiger partial charge is 0.497 e. The molecule has 33 heavy (non-hydrogen) atoms. The number of rotatable bonds is 8. The van der Waals surface area contributed by atoms with Crippen molar-refractivity contribution in [1.29, 1.82) is 0 Å². The Balaban J connectivity index is 0.00000385. The van der Waals surface area contributed by atoms with Crippen LogP contribution in [0.5, 0.6) is 5.75 Å². The number of halogens is 1. The molecule has 1 atom stereocenters. The van der Waals surface area contributed by atoms with Crippen molar-refractivity contribution in [3.63, 3.8) is 0 Å². The molecule has 1 amide bonds. The molecule has 0 spiro atoms. The summed E-state index contributed by atoms with van der Waals surface area (Å²) < 4.78 is 10.9. The van der Waals surface area contributed by atoms with Crippen LogP contribution in [0.3, 0.4) is 0 Å². The van der Waals surface area contributed by atoms with Crippen molar-refractivity contribution < 1.29 is 14.3 Å². The number of amides is 1. The zero-order valence-corrected chi connectivity index (χ0v) is 22.8. The summed E-state index contributed by atoms with van der Waals surface area (Å²) in [6.45, 7) is 4.59. The topological polar surface area (TPSA) is 78.4 Å². The third kappa shape index (κ3) is 7.19. The molecule has 1 unspecified atom stereocenters. The van der Waals surface area contributed by atoms with Crippen molar-refractivity contribution in [2.45, 2.75) is 31.7 Å². The Morgan fingerprint density at radius 1 is 1.18 bits per heavy atom. The molecule has 186 valence electrons. The molecule has 0 radical (unpaired) electrons. The van der Waals surface area contributed by atoms with Crippen LogP contribution in [-0.2, 0) is 9.53 Å². The molecule has 2 fully saturated rings. The van der Waals surface area contributed by atoms with Gasteiger partial charge >= 0.3 is 0 Å². The van der Waals surface area contributed by atoms with Crippen LogP contribution in [0.25, 0.3) is 0 Å². The second-order valence-electron chi connectivity index (χ2n) is 8.93. The van der Waals surface area contributed by atoms with Crippen LogP contribution in [-0.4, -0.2) is 89.3 Å². The van der Waals surface area contributed by atoms with Crippen LogP contribution in [0.4, 0.5) is 0 Å². The molecule has 8 nitrogen and oxygen atoms in total. The maximum atomic E-state index is 12.9. The van der Waals surface area contributed by atoms with Crippen LogP contribution in [0.15, 0.2) is 29.3 Å². The summed E-state index contributed by atoms with van der Waals surface area (Å²) in [6, 6.07) is 8.45. The number of carbonyl (C=O) groups is 1. The normalized spacial score (nSPS) is 19.3. The number of ether oxygens (including phenoxy) is 2. The fourth-order valence-electron chi connectivity index (χ4n) is 4.83. The minimum Gasteiger partial charge on any atom is -0.497 e. The number of guanidine groups is 1. The van der Waals surface area contributed by atoms with Crippen molar-refractivity contribution in [1.82, 2.24) is 20.4 Å². The molecule has 3 rings (SSSR count). The van der Waals surface area contributed by atoms with E-state index in [1.807, 2.05) is 26.2 Å². The number of hydrogen-bond donors (Lipinski definition) is 2. The maximum absolute atomic E-state index is 12.9. The summed E-state index contributed by atoms with van der Waals surface area (Å²) in [6.07, 6.45) is 4.06. The monoisotopic (exact) mass is 573 g/mol. The molecule has 1 aliphatic heterocycles. The number of benzene rings is 1. The van der Waals surface area contributed by atoms with Crippen molar-refractivity contribution in [3.05, 3.63) is 29.8 Å². The molecule has 1 aromatic rings. The van der Waals surface area contributed by atoms with Crippen LogP contribution in [0.2, 0.25) is 0 Å². The van der Waals surface area contributed by atoms with Gasteiger partial charge in [-0.25, -0.2) is 0 Å². The molecule has 9 heteroatoms. The van der Waals surface area contributed by atoms with E-state index >= 15 is 0 Å². The van der Waals surface area contributed by atoms with Gasteiger partial charge in [-0.05, 0) is 30.5 Å². The second kappa shape index (κ2) is 13.3. The fraction of sp³-hybridized carbons (Fsp3) is 0.667. The fourth-order valence-corrected chi connectivity index (χ4v) is 4.83. The van der Waals surface area contributed by atoms with E-state index in [1.54, 1.807) is 19.1 Å². The molecule has 1 saturated carbocycles. The summed E-state index contributed by atoms with van der Waals surface area (Å²) in [5.41, 5.74) is 0.895. The molecule has 0 aromatic heterocycles. The number of aliphatic imine (C=N–C) groups is 1. The maximum Gasteiger partial charge on any atom is 0.230 e. The summed E-state index contributed by atoms with van der Waals surface area (Å²) in [5, 5.41) is 6.95. The quantitative estimate of drug-likeness (QED) is 0.283. The molecule has 1 saturated heterocycles. The van der Waals surface area contributed by atoms with Crippen molar-refractivity contribution in [2.24, 2.45) is 10.4 Å². The molecular formula is C24H40IN5O3. The van der Waals surface area contributed by atoms with Gasteiger partial charge in [-0.1, -0.05) is 25.0 Å². The van der Waals surface area contributed by atoms with Gasteiger partial charge < -0.3 is 25.0 Å². The zero-order valence-electron chi connectivity index (χ0n) is 20.4. The lowest BCUT2D eigenvalue weighted by Gasteiger charge is -2.35. The Hall–Kier alpha value is -1.59. The number of carbonyl (C=O) groups excluding carboxylic acids is 1. The Kier molecular flexibility index (Phi) is 11.2. The molecule has 1 aromatic carbocycles. The molecule has 2 aliphatic rings. The highest BCUT2D eigenvalue weighted by Gasteiger charge is 2.42. The lowest BCUT2D eigenvalue weighted by atomic mass is 9.84. The van der Waals surface area contributed by atoms with Gasteiger partial charge in [-0.15, -0.1) is 24.0 Å². The average molecular weight is 574 g/mol. The first-order valence-electron chi connectivity index (χ1n) is 11.6. The molecule has 0 bridgehead atoms. The third-order valence-corrected chi connectivity index (χ3v) is 6.69. The molecular weight excluding hydrogens is 533 g/mol. The van der Waals surface area contributed by atoms with E-state index in [1.165, 1.54) is 5.56 Å². The standard InChI is InChI=1S/C24H39N5O3.HI/c1-25-23(27-18-24(11-5-6-12-24)22(30)28(2)3)26-17-21(29-13-15-32-16-14-29)19-7-9-20(31-4)10-8-19;/h7-10,21H,5-6,11-18H2,1-4H3,(H2,25,26,27);1H. The highest BCUT2D eigenvalue weighted by atomic mass is 127. The number of methoxy groups -OCH3 is 1. The smallest absolute Gasteiger partial charge is 0.230 e. The Bertz CT molecular complexity index is 760. The number of morpholine rings is 1. The number of nitrogens with one attached hydrogen (secondary N) is 2. The summed E-state index contributed by atoms with van der Waals surface area (Å²) in [5.74, 6) is 1.80.